The van der Waals surface area contributed by atoms with Crippen molar-refractivity contribution in [2.24, 2.45) is 0 Å². The fraction of sp³-hybridized carbons (Fsp3) is 0.238. The molecule has 3 heterocycles. The molecular formula is C21H21N5O4. The van der Waals surface area contributed by atoms with Crippen LogP contribution in [0.3, 0.4) is 0 Å². The van der Waals surface area contributed by atoms with Gasteiger partial charge >= 0.3 is 12.1 Å². The minimum atomic E-state index is -1.10. The summed E-state index contributed by atoms with van der Waals surface area (Å²) in [5.74, 6) is -0.179. The van der Waals surface area contributed by atoms with Crippen LogP contribution in [0.2, 0.25) is 0 Å². The fourth-order valence-electron chi connectivity index (χ4n) is 3.54. The normalized spacial score (nSPS) is 11.8. The fourth-order valence-corrected chi connectivity index (χ4v) is 3.54. The number of hydrogen-bond donors (Lipinski definition) is 2. The third-order valence-electron chi connectivity index (χ3n) is 4.61. The van der Waals surface area contributed by atoms with Crippen molar-refractivity contribution in [2.75, 3.05) is 5.73 Å². The van der Waals surface area contributed by atoms with Gasteiger partial charge in [-0.25, -0.2) is 14.8 Å². The van der Waals surface area contributed by atoms with Crippen LogP contribution in [0.4, 0.5) is 10.6 Å². The van der Waals surface area contributed by atoms with Crippen molar-refractivity contribution in [1.82, 2.24) is 19.1 Å². The number of aromatic nitrogens is 4. The van der Waals surface area contributed by atoms with Crippen LogP contribution in [0.15, 0.2) is 43.0 Å². The van der Waals surface area contributed by atoms with Gasteiger partial charge in [0.25, 0.3) is 0 Å². The van der Waals surface area contributed by atoms with Crippen molar-refractivity contribution < 1.29 is 19.4 Å². The molecule has 9 heteroatoms. The van der Waals surface area contributed by atoms with Gasteiger partial charge in [0.1, 0.15) is 29.9 Å². The van der Waals surface area contributed by atoms with Crippen LogP contribution in [-0.4, -0.2) is 41.9 Å². The van der Waals surface area contributed by atoms with Gasteiger partial charge < -0.3 is 20.1 Å². The maximum absolute atomic E-state index is 12.4. The molecule has 4 rings (SSSR count). The summed E-state index contributed by atoms with van der Waals surface area (Å²) in [6, 6.07) is 7.17. The summed E-state index contributed by atoms with van der Waals surface area (Å²) in [6.45, 7) is 5.32. The van der Waals surface area contributed by atoms with Crippen LogP contribution in [-0.2, 0) is 16.1 Å². The number of nitrogen functional groups attached to an aromatic ring is 1. The Hall–Kier alpha value is -3.88. The van der Waals surface area contributed by atoms with Gasteiger partial charge in [-0.3, -0.25) is 9.36 Å². The maximum Gasteiger partial charge on any atom is 0.416 e. The lowest BCUT2D eigenvalue weighted by molar-refractivity contribution is -0.155. The number of para-hydroxylation sites is 1. The summed E-state index contributed by atoms with van der Waals surface area (Å²) in [4.78, 5) is 32.5. The van der Waals surface area contributed by atoms with E-state index in [0.29, 0.717) is 27.7 Å². The van der Waals surface area contributed by atoms with Crippen molar-refractivity contribution in [3.05, 3.63) is 43.0 Å². The van der Waals surface area contributed by atoms with Gasteiger partial charge in [0.15, 0.2) is 0 Å². The molecule has 0 aliphatic heterocycles. The zero-order chi connectivity index (χ0) is 21.6. The molecule has 9 nitrogen and oxygen atoms in total. The van der Waals surface area contributed by atoms with Gasteiger partial charge in [-0.05, 0) is 26.8 Å². The van der Waals surface area contributed by atoms with Crippen molar-refractivity contribution in [3.63, 3.8) is 0 Å². The molecule has 154 valence electrons. The molecule has 0 aliphatic rings. The van der Waals surface area contributed by atoms with Gasteiger partial charge in [-0.1, -0.05) is 18.2 Å². The number of rotatable bonds is 3. The van der Waals surface area contributed by atoms with Crippen LogP contribution < -0.4 is 5.73 Å². The van der Waals surface area contributed by atoms with Crippen molar-refractivity contribution in [3.8, 4) is 11.1 Å². The first-order chi connectivity index (χ1) is 14.2. The Bertz CT molecular complexity index is 1300. The predicted molar refractivity (Wildman–Crippen MR) is 112 cm³/mol. The zero-order valence-electron chi connectivity index (χ0n) is 16.8. The SMILES string of the molecule is CC(C)(C)OC(=O)Cn1cc(-c2cn(C(=O)O)c3ccccc23)c2c(N)ncnc21. The van der Waals surface area contributed by atoms with Crippen molar-refractivity contribution in [1.29, 1.82) is 0 Å². The van der Waals surface area contributed by atoms with E-state index in [4.69, 9.17) is 10.5 Å². The number of nitrogens with two attached hydrogens (primary N) is 1. The Balaban J connectivity index is 1.92. The second-order valence-corrected chi connectivity index (χ2v) is 7.93. The molecule has 0 unspecified atom stereocenters. The second-order valence-electron chi connectivity index (χ2n) is 7.93. The molecule has 0 fully saturated rings. The highest BCUT2D eigenvalue weighted by Gasteiger charge is 2.23. The van der Waals surface area contributed by atoms with Gasteiger partial charge in [0.2, 0.25) is 0 Å². The molecule has 0 spiro atoms. The molecule has 0 radical (unpaired) electrons. The molecule has 3 N–H and O–H groups in total. The smallest absolute Gasteiger partial charge is 0.416 e. The summed E-state index contributed by atoms with van der Waals surface area (Å²) < 4.78 is 8.22. The highest BCUT2D eigenvalue weighted by molar-refractivity contribution is 6.09. The molecule has 0 bridgehead atoms. The number of ether oxygens (including phenoxy) is 1. The number of carbonyl (C=O) groups excluding carboxylic acids is 1. The van der Waals surface area contributed by atoms with E-state index >= 15 is 0 Å². The lowest BCUT2D eigenvalue weighted by atomic mass is 10.1. The Morgan fingerprint density at radius 3 is 2.57 bits per heavy atom. The highest BCUT2D eigenvalue weighted by Crippen LogP contribution is 2.37. The average Bonchev–Trinajstić information content (AvgIpc) is 3.20. The lowest BCUT2D eigenvalue weighted by Crippen LogP contribution is -2.26. The first-order valence-corrected chi connectivity index (χ1v) is 9.30. The van der Waals surface area contributed by atoms with Crippen LogP contribution >= 0.6 is 0 Å². The van der Waals surface area contributed by atoms with Gasteiger partial charge in [0, 0.05) is 28.9 Å². The number of carboxylic acid groups (broad SMARTS) is 1. The summed E-state index contributed by atoms with van der Waals surface area (Å²) >= 11 is 0. The number of anilines is 1. The molecule has 0 atom stereocenters. The number of hydrogen-bond acceptors (Lipinski definition) is 6. The largest absolute Gasteiger partial charge is 0.464 e. The van der Waals surface area contributed by atoms with Gasteiger partial charge in [-0.2, -0.15) is 0 Å². The zero-order valence-corrected chi connectivity index (χ0v) is 16.8. The van der Waals surface area contributed by atoms with Crippen LogP contribution in [0, 0.1) is 0 Å². The number of fused-ring (bicyclic) bond motifs is 2. The summed E-state index contributed by atoms with van der Waals surface area (Å²) in [7, 11) is 0. The van der Waals surface area contributed by atoms with Gasteiger partial charge in [0.05, 0.1) is 10.9 Å². The van der Waals surface area contributed by atoms with E-state index in [2.05, 4.69) is 9.97 Å². The molecule has 1 aromatic carbocycles. The number of nitrogens with zero attached hydrogens (tertiary/aromatic N) is 4. The molecule has 30 heavy (non-hydrogen) atoms. The van der Waals surface area contributed by atoms with Crippen molar-refractivity contribution in [2.45, 2.75) is 32.9 Å². The molecular weight excluding hydrogens is 386 g/mol. The Kier molecular flexibility index (Phi) is 4.45. The number of carbonyl (C=O) groups is 2. The molecule has 4 aromatic rings. The predicted octanol–water partition coefficient (Wildman–Crippen LogP) is 3.50. The summed E-state index contributed by atoms with van der Waals surface area (Å²) in [5, 5.41) is 10.9. The Morgan fingerprint density at radius 1 is 1.13 bits per heavy atom. The van der Waals surface area contributed by atoms with E-state index < -0.39 is 17.7 Å². The van der Waals surface area contributed by atoms with E-state index in [1.54, 1.807) is 43.7 Å². The second kappa shape index (κ2) is 6.87. The van der Waals surface area contributed by atoms with Gasteiger partial charge in [-0.15, -0.1) is 0 Å². The monoisotopic (exact) mass is 407 g/mol. The van der Waals surface area contributed by atoms with E-state index in [1.165, 1.54) is 12.5 Å². The molecule has 0 amide bonds. The highest BCUT2D eigenvalue weighted by atomic mass is 16.6. The molecule has 0 saturated carbocycles. The van der Waals surface area contributed by atoms with Crippen LogP contribution in [0.1, 0.15) is 20.8 Å². The van der Waals surface area contributed by atoms with E-state index in [1.807, 2.05) is 12.1 Å². The van der Waals surface area contributed by atoms with Crippen LogP contribution in [0.5, 0.6) is 0 Å². The maximum atomic E-state index is 12.4. The summed E-state index contributed by atoms with van der Waals surface area (Å²) in [6.07, 6.45) is 3.49. The third-order valence-corrected chi connectivity index (χ3v) is 4.61. The topological polar surface area (TPSA) is 125 Å². The summed E-state index contributed by atoms with van der Waals surface area (Å²) in [5.41, 5.74) is 7.84. The minimum absolute atomic E-state index is 0.0677. The molecule has 3 aromatic heterocycles. The van der Waals surface area contributed by atoms with Crippen molar-refractivity contribution >= 4 is 39.8 Å². The first-order valence-electron chi connectivity index (χ1n) is 9.30. The number of benzene rings is 1. The minimum Gasteiger partial charge on any atom is -0.464 e. The lowest BCUT2D eigenvalue weighted by Gasteiger charge is -2.19. The Labute approximate surface area is 171 Å². The quantitative estimate of drug-likeness (QED) is 0.498. The third kappa shape index (κ3) is 3.34. The van der Waals surface area contributed by atoms with E-state index in [9.17, 15) is 14.7 Å². The standard InChI is InChI=1S/C21H21N5O4/c1-21(2,3)30-16(27)10-25-8-14(17-18(22)23-11-24-19(17)25)13-9-26(20(28)29)15-7-5-4-6-12(13)15/h4-9,11H,10H2,1-3H3,(H,28,29)(H2,22,23,24). The Morgan fingerprint density at radius 2 is 1.87 bits per heavy atom. The van der Waals surface area contributed by atoms with Crippen LogP contribution in [0.25, 0.3) is 33.1 Å². The molecule has 0 aliphatic carbocycles. The first kappa shape index (κ1) is 19.4. The van der Waals surface area contributed by atoms with E-state index in [0.717, 1.165) is 9.95 Å². The molecule has 0 saturated heterocycles. The average molecular weight is 407 g/mol. The number of esters is 1. The van der Waals surface area contributed by atoms with E-state index in [-0.39, 0.29) is 12.4 Å².